The molecular formula is C21H37IN4O2S. The molecule has 0 radical (unpaired) electrons. The molecule has 0 spiro atoms. The van der Waals surface area contributed by atoms with E-state index >= 15 is 0 Å². The van der Waals surface area contributed by atoms with Crippen molar-refractivity contribution < 1.29 is 9.53 Å². The summed E-state index contributed by atoms with van der Waals surface area (Å²) in [7, 11) is 0. The highest BCUT2D eigenvalue weighted by Crippen LogP contribution is 2.24. The number of rotatable bonds is 9. The summed E-state index contributed by atoms with van der Waals surface area (Å²) in [5.74, 6) is 0.925. The standard InChI is InChI=1S/C21H36N4O2S.HI/c1-5-22-21(25-12-9-17(10-13-25)20(26)27-8-4)23-15-19(24(6-2)7-3)18-11-14-28-16-18;/h11,14,16-17,19H,5-10,12-13,15H2,1-4H3,(H,22,23);1H. The summed E-state index contributed by atoms with van der Waals surface area (Å²) in [4.78, 5) is 21.7. The van der Waals surface area contributed by atoms with Gasteiger partial charge < -0.3 is 15.0 Å². The van der Waals surface area contributed by atoms with Crippen molar-refractivity contribution in [1.29, 1.82) is 0 Å². The van der Waals surface area contributed by atoms with Gasteiger partial charge in [0.05, 0.1) is 25.1 Å². The number of nitrogens with zero attached hydrogens (tertiary/aromatic N) is 3. The average Bonchev–Trinajstić information content (AvgIpc) is 3.25. The predicted molar refractivity (Wildman–Crippen MR) is 132 cm³/mol. The molecule has 1 aromatic heterocycles. The molecule has 1 aliphatic rings. The summed E-state index contributed by atoms with van der Waals surface area (Å²) >= 11 is 1.74. The molecule has 1 atom stereocenters. The molecule has 1 saturated heterocycles. The highest BCUT2D eigenvalue weighted by Gasteiger charge is 2.27. The first-order valence-corrected chi connectivity index (χ1v) is 11.5. The fraction of sp³-hybridized carbons (Fsp3) is 0.714. The van der Waals surface area contributed by atoms with E-state index in [9.17, 15) is 4.79 Å². The number of piperidine rings is 1. The number of esters is 1. The second-order valence-electron chi connectivity index (χ2n) is 7.00. The van der Waals surface area contributed by atoms with Gasteiger partial charge in [-0.25, -0.2) is 0 Å². The molecule has 1 N–H and O–H groups in total. The number of thiophene rings is 1. The molecule has 2 heterocycles. The molecule has 0 aromatic carbocycles. The van der Waals surface area contributed by atoms with E-state index in [1.54, 1.807) is 11.3 Å². The van der Waals surface area contributed by atoms with E-state index < -0.39 is 0 Å². The first-order valence-electron chi connectivity index (χ1n) is 10.6. The first kappa shape index (κ1) is 26.2. The molecule has 0 saturated carbocycles. The smallest absolute Gasteiger partial charge is 0.309 e. The van der Waals surface area contributed by atoms with Crippen LogP contribution in [0.2, 0.25) is 0 Å². The highest BCUT2D eigenvalue weighted by molar-refractivity contribution is 14.0. The third kappa shape index (κ3) is 7.71. The Kier molecular flexibility index (Phi) is 12.8. The van der Waals surface area contributed by atoms with Crippen molar-refractivity contribution in [2.45, 2.75) is 46.6 Å². The number of hydrogen-bond acceptors (Lipinski definition) is 5. The molecule has 1 aromatic rings. The molecule has 2 rings (SSSR count). The summed E-state index contributed by atoms with van der Waals surface area (Å²) in [6, 6.07) is 2.51. The van der Waals surface area contributed by atoms with Crippen LogP contribution in [0.4, 0.5) is 0 Å². The minimum atomic E-state index is -0.0526. The lowest BCUT2D eigenvalue weighted by atomic mass is 9.97. The number of guanidine groups is 1. The van der Waals surface area contributed by atoms with Crippen molar-refractivity contribution in [2.75, 3.05) is 45.9 Å². The Bertz CT molecular complexity index is 600. The summed E-state index contributed by atoms with van der Waals surface area (Å²) < 4.78 is 5.19. The number of carbonyl (C=O) groups excluding carboxylic acids is 1. The largest absolute Gasteiger partial charge is 0.466 e. The number of carbonyl (C=O) groups is 1. The first-order chi connectivity index (χ1) is 13.6. The Morgan fingerprint density at radius 2 is 2.00 bits per heavy atom. The molecule has 0 aliphatic carbocycles. The molecule has 0 bridgehead atoms. The minimum absolute atomic E-state index is 0. The zero-order chi connectivity index (χ0) is 20.4. The molecular weight excluding hydrogens is 499 g/mol. The molecule has 0 amide bonds. The number of ether oxygens (including phenoxy) is 1. The number of nitrogens with one attached hydrogen (secondary N) is 1. The SMILES string of the molecule is CCNC(=NCC(c1ccsc1)N(CC)CC)N1CCC(C(=O)OCC)CC1.I. The third-order valence-corrected chi connectivity index (χ3v) is 6.05. The van der Waals surface area contributed by atoms with E-state index in [1.807, 2.05) is 6.92 Å². The van der Waals surface area contributed by atoms with Crippen LogP contribution in [0.1, 0.15) is 52.1 Å². The van der Waals surface area contributed by atoms with E-state index in [1.165, 1.54) is 5.56 Å². The van der Waals surface area contributed by atoms with Gasteiger partial charge in [-0.1, -0.05) is 13.8 Å². The van der Waals surface area contributed by atoms with Crippen LogP contribution in [0.15, 0.2) is 21.8 Å². The van der Waals surface area contributed by atoms with Crippen molar-refractivity contribution in [1.82, 2.24) is 15.1 Å². The summed E-state index contributed by atoms with van der Waals surface area (Å²) in [6.45, 7) is 14.1. The second-order valence-corrected chi connectivity index (χ2v) is 7.78. The Hall–Kier alpha value is -0.870. The number of aliphatic imine (C=N–C) groups is 1. The quantitative estimate of drug-likeness (QED) is 0.224. The zero-order valence-electron chi connectivity index (χ0n) is 18.2. The van der Waals surface area contributed by atoms with Gasteiger partial charge in [-0.3, -0.25) is 14.7 Å². The summed E-state index contributed by atoms with van der Waals surface area (Å²) in [5, 5.41) is 7.81. The third-order valence-electron chi connectivity index (χ3n) is 5.34. The fourth-order valence-corrected chi connectivity index (χ4v) is 4.45. The van der Waals surface area contributed by atoms with Crippen molar-refractivity contribution in [2.24, 2.45) is 10.9 Å². The molecule has 6 nitrogen and oxygen atoms in total. The van der Waals surface area contributed by atoms with Gasteiger partial charge in [0.1, 0.15) is 0 Å². The van der Waals surface area contributed by atoms with Gasteiger partial charge in [0.25, 0.3) is 0 Å². The molecule has 1 fully saturated rings. The molecule has 166 valence electrons. The fourth-order valence-electron chi connectivity index (χ4n) is 3.75. The Morgan fingerprint density at radius 1 is 1.31 bits per heavy atom. The minimum Gasteiger partial charge on any atom is -0.466 e. The van der Waals surface area contributed by atoms with Gasteiger partial charge in [0.2, 0.25) is 0 Å². The van der Waals surface area contributed by atoms with Gasteiger partial charge in [-0.05, 0) is 62.2 Å². The molecule has 1 aliphatic heterocycles. The van der Waals surface area contributed by atoms with E-state index in [-0.39, 0.29) is 35.9 Å². The number of likely N-dealkylation sites (tertiary alicyclic amines) is 1. The van der Waals surface area contributed by atoms with Gasteiger partial charge in [-0.15, -0.1) is 24.0 Å². The Labute approximate surface area is 197 Å². The lowest BCUT2D eigenvalue weighted by molar-refractivity contribution is -0.149. The topological polar surface area (TPSA) is 57.2 Å². The lowest BCUT2D eigenvalue weighted by Crippen LogP contribution is -2.47. The van der Waals surface area contributed by atoms with Crippen molar-refractivity contribution >= 4 is 47.2 Å². The zero-order valence-corrected chi connectivity index (χ0v) is 21.4. The van der Waals surface area contributed by atoms with Gasteiger partial charge in [0, 0.05) is 19.6 Å². The van der Waals surface area contributed by atoms with Crippen molar-refractivity contribution in [3.63, 3.8) is 0 Å². The van der Waals surface area contributed by atoms with E-state index in [2.05, 4.69) is 52.7 Å². The van der Waals surface area contributed by atoms with E-state index in [0.29, 0.717) is 12.6 Å². The highest BCUT2D eigenvalue weighted by atomic mass is 127. The number of halogens is 1. The van der Waals surface area contributed by atoms with Crippen LogP contribution in [0, 0.1) is 5.92 Å². The van der Waals surface area contributed by atoms with E-state index in [4.69, 9.17) is 9.73 Å². The number of likely N-dealkylation sites (N-methyl/N-ethyl adjacent to an activating group) is 1. The van der Waals surface area contributed by atoms with Gasteiger partial charge in [0.15, 0.2) is 5.96 Å². The normalized spacial score (nSPS) is 16.4. The van der Waals surface area contributed by atoms with Crippen LogP contribution in [-0.4, -0.2) is 67.6 Å². The van der Waals surface area contributed by atoms with Crippen LogP contribution >= 0.6 is 35.3 Å². The van der Waals surface area contributed by atoms with Crippen LogP contribution in [-0.2, 0) is 9.53 Å². The maximum Gasteiger partial charge on any atom is 0.309 e. The number of hydrogen-bond donors (Lipinski definition) is 1. The van der Waals surface area contributed by atoms with Gasteiger partial charge >= 0.3 is 5.97 Å². The van der Waals surface area contributed by atoms with Crippen molar-refractivity contribution in [3.8, 4) is 0 Å². The molecule has 8 heteroatoms. The summed E-state index contributed by atoms with van der Waals surface area (Å²) in [6.07, 6.45) is 1.65. The van der Waals surface area contributed by atoms with Gasteiger partial charge in [-0.2, -0.15) is 11.3 Å². The maximum atomic E-state index is 12.0. The Balaban J connectivity index is 0.00000420. The predicted octanol–water partition coefficient (Wildman–Crippen LogP) is 3.99. The molecule has 29 heavy (non-hydrogen) atoms. The van der Waals surface area contributed by atoms with E-state index in [0.717, 1.165) is 58.1 Å². The van der Waals surface area contributed by atoms with Crippen LogP contribution < -0.4 is 5.32 Å². The second kappa shape index (κ2) is 14.2. The molecule has 1 unspecified atom stereocenters. The summed E-state index contributed by atoms with van der Waals surface area (Å²) in [5.41, 5.74) is 1.34. The van der Waals surface area contributed by atoms with Crippen LogP contribution in [0.5, 0.6) is 0 Å². The average molecular weight is 537 g/mol. The lowest BCUT2D eigenvalue weighted by Gasteiger charge is -2.34. The maximum absolute atomic E-state index is 12.0. The van der Waals surface area contributed by atoms with Crippen LogP contribution in [0.25, 0.3) is 0 Å². The van der Waals surface area contributed by atoms with Crippen molar-refractivity contribution in [3.05, 3.63) is 22.4 Å². The Morgan fingerprint density at radius 3 is 2.52 bits per heavy atom. The van der Waals surface area contributed by atoms with Crippen LogP contribution in [0.3, 0.4) is 0 Å². The monoisotopic (exact) mass is 536 g/mol.